The van der Waals surface area contributed by atoms with Gasteiger partial charge in [0.1, 0.15) is 0 Å². The third-order valence-corrected chi connectivity index (χ3v) is 6.26. The molecule has 0 aromatic heterocycles. The molecular formula is C12H21O7P. The number of aliphatic carboxylic acids is 3. The van der Waals surface area contributed by atoms with Crippen LogP contribution in [-0.4, -0.2) is 51.7 Å². The normalized spacial score (nSPS) is 11.2. The molecule has 0 atom stereocenters. The van der Waals surface area contributed by atoms with Crippen LogP contribution in [0.5, 0.6) is 0 Å². The summed E-state index contributed by atoms with van der Waals surface area (Å²) >= 11 is 0. The Morgan fingerprint density at radius 2 is 0.900 bits per heavy atom. The van der Waals surface area contributed by atoms with Crippen LogP contribution in [0.4, 0.5) is 0 Å². The molecule has 0 amide bonds. The Balaban J connectivity index is 4.33. The zero-order chi connectivity index (χ0) is 15.6. The van der Waals surface area contributed by atoms with Crippen molar-refractivity contribution >= 4 is 25.0 Å². The molecule has 0 saturated carbocycles. The number of carboxylic acid groups (broad SMARTS) is 3. The molecule has 8 heteroatoms. The second-order valence-corrected chi connectivity index (χ2v) is 8.18. The summed E-state index contributed by atoms with van der Waals surface area (Å²) in [5.41, 5.74) is 0. The second-order valence-electron chi connectivity index (χ2n) is 4.72. The first-order valence-corrected chi connectivity index (χ1v) is 8.74. The Labute approximate surface area is 117 Å². The lowest BCUT2D eigenvalue weighted by Crippen LogP contribution is -2.06. The Bertz CT molecular complexity index is 334. The van der Waals surface area contributed by atoms with E-state index < -0.39 is 25.0 Å². The van der Waals surface area contributed by atoms with Gasteiger partial charge in [-0.1, -0.05) is 0 Å². The first-order valence-electron chi connectivity index (χ1n) is 6.48. The Hall–Kier alpha value is -1.36. The lowest BCUT2D eigenvalue weighted by molar-refractivity contribution is -0.138. The monoisotopic (exact) mass is 308 g/mol. The fourth-order valence-electron chi connectivity index (χ4n) is 1.89. The van der Waals surface area contributed by atoms with E-state index in [0.29, 0.717) is 0 Å². The van der Waals surface area contributed by atoms with Crippen LogP contribution in [-0.2, 0) is 18.9 Å². The lowest BCUT2D eigenvalue weighted by Gasteiger charge is -2.17. The van der Waals surface area contributed by atoms with Crippen LogP contribution < -0.4 is 0 Å². The predicted octanol–water partition coefficient (Wildman–Crippen LogP) is 1.94. The highest BCUT2D eigenvalue weighted by atomic mass is 31.2. The van der Waals surface area contributed by atoms with Crippen LogP contribution in [0.1, 0.15) is 38.5 Å². The van der Waals surface area contributed by atoms with E-state index in [4.69, 9.17) is 15.3 Å². The molecule has 0 heterocycles. The minimum atomic E-state index is -2.68. The van der Waals surface area contributed by atoms with Gasteiger partial charge in [0.2, 0.25) is 0 Å². The van der Waals surface area contributed by atoms with E-state index in [-0.39, 0.29) is 57.0 Å². The van der Waals surface area contributed by atoms with Crippen molar-refractivity contribution in [2.75, 3.05) is 18.5 Å². The van der Waals surface area contributed by atoms with Gasteiger partial charge in [-0.25, -0.2) is 0 Å². The van der Waals surface area contributed by atoms with Gasteiger partial charge in [0.25, 0.3) is 0 Å². The van der Waals surface area contributed by atoms with Crippen molar-refractivity contribution < 1.29 is 34.3 Å². The summed E-state index contributed by atoms with van der Waals surface area (Å²) < 4.78 is 12.6. The van der Waals surface area contributed by atoms with Crippen molar-refractivity contribution in [1.29, 1.82) is 0 Å². The maximum absolute atomic E-state index is 12.6. The summed E-state index contributed by atoms with van der Waals surface area (Å²) in [6.45, 7) is 0. The van der Waals surface area contributed by atoms with Gasteiger partial charge in [-0.3, -0.25) is 14.4 Å². The summed E-state index contributed by atoms with van der Waals surface area (Å²) in [4.78, 5) is 31.3. The minimum absolute atomic E-state index is 0.0815. The molecule has 0 aliphatic carbocycles. The Morgan fingerprint density at radius 1 is 0.650 bits per heavy atom. The SMILES string of the molecule is O=C(O)CCCP(=O)(CCCC(=O)O)CCCC(=O)O. The second kappa shape index (κ2) is 9.53. The first kappa shape index (κ1) is 18.6. The Morgan fingerprint density at radius 3 is 1.10 bits per heavy atom. The maximum Gasteiger partial charge on any atom is 0.303 e. The average Bonchev–Trinajstić information content (AvgIpc) is 2.27. The predicted molar refractivity (Wildman–Crippen MR) is 72.8 cm³/mol. The number of hydrogen-bond donors (Lipinski definition) is 3. The molecule has 0 aliphatic rings. The van der Waals surface area contributed by atoms with Gasteiger partial charge in [-0.2, -0.15) is 0 Å². The van der Waals surface area contributed by atoms with E-state index in [1.165, 1.54) is 0 Å². The van der Waals surface area contributed by atoms with E-state index in [1.807, 2.05) is 0 Å². The summed E-state index contributed by atoms with van der Waals surface area (Å²) in [5.74, 6) is -2.90. The molecule has 0 fully saturated rings. The van der Waals surface area contributed by atoms with Gasteiger partial charge in [0.05, 0.1) is 7.14 Å². The topological polar surface area (TPSA) is 129 Å². The quantitative estimate of drug-likeness (QED) is 0.470. The van der Waals surface area contributed by atoms with Gasteiger partial charge >= 0.3 is 17.9 Å². The molecule has 7 nitrogen and oxygen atoms in total. The first-order chi connectivity index (χ1) is 9.25. The number of carboxylic acids is 3. The molecule has 3 N–H and O–H groups in total. The summed E-state index contributed by atoms with van der Waals surface area (Å²) in [5, 5.41) is 25.7. The Kier molecular flexibility index (Phi) is 8.88. The van der Waals surface area contributed by atoms with E-state index in [2.05, 4.69) is 0 Å². The third kappa shape index (κ3) is 10.6. The molecule has 0 bridgehead atoms. The van der Waals surface area contributed by atoms with E-state index >= 15 is 0 Å². The van der Waals surface area contributed by atoms with Crippen LogP contribution in [0.25, 0.3) is 0 Å². The highest BCUT2D eigenvalue weighted by Crippen LogP contribution is 2.48. The molecule has 0 saturated heterocycles. The molecule has 0 spiro atoms. The van der Waals surface area contributed by atoms with Crippen molar-refractivity contribution in [2.45, 2.75) is 38.5 Å². The van der Waals surface area contributed by atoms with Crippen molar-refractivity contribution in [3.63, 3.8) is 0 Å². The van der Waals surface area contributed by atoms with Crippen molar-refractivity contribution in [3.8, 4) is 0 Å². The van der Waals surface area contributed by atoms with Gasteiger partial charge < -0.3 is 19.9 Å². The van der Waals surface area contributed by atoms with Crippen LogP contribution in [0, 0.1) is 0 Å². The number of carbonyl (C=O) groups is 3. The molecule has 0 radical (unpaired) electrons. The standard InChI is InChI=1S/C12H21O7P/c13-10(14)4-1-7-20(19,8-2-5-11(15)16)9-3-6-12(17)18/h1-9H2,(H,13,14)(H,15,16)(H,17,18). The van der Waals surface area contributed by atoms with Gasteiger partial charge in [-0.15, -0.1) is 0 Å². The van der Waals surface area contributed by atoms with E-state index in [9.17, 15) is 18.9 Å². The molecule has 0 aliphatic heterocycles. The minimum Gasteiger partial charge on any atom is -0.481 e. The number of rotatable bonds is 12. The highest BCUT2D eigenvalue weighted by Gasteiger charge is 2.22. The largest absolute Gasteiger partial charge is 0.481 e. The molecule has 0 unspecified atom stereocenters. The fourth-order valence-corrected chi connectivity index (χ4v) is 4.76. The van der Waals surface area contributed by atoms with Crippen molar-refractivity contribution in [3.05, 3.63) is 0 Å². The zero-order valence-corrected chi connectivity index (χ0v) is 12.2. The van der Waals surface area contributed by atoms with E-state index in [0.717, 1.165) is 0 Å². The van der Waals surface area contributed by atoms with Crippen LogP contribution in [0.3, 0.4) is 0 Å². The smallest absolute Gasteiger partial charge is 0.303 e. The molecule has 0 rings (SSSR count). The molecule has 20 heavy (non-hydrogen) atoms. The molecule has 116 valence electrons. The summed E-state index contributed by atoms with van der Waals surface area (Å²) in [6, 6.07) is 0. The van der Waals surface area contributed by atoms with E-state index in [1.54, 1.807) is 0 Å². The molecular weight excluding hydrogens is 287 g/mol. The molecule has 0 aromatic carbocycles. The van der Waals surface area contributed by atoms with Gasteiger partial charge in [0, 0.05) is 37.7 Å². The highest BCUT2D eigenvalue weighted by molar-refractivity contribution is 7.63. The fraction of sp³-hybridized carbons (Fsp3) is 0.750. The van der Waals surface area contributed by atoms with Crippen LogP contribution in [0.2, 0.25) is 0 Å². The van der Waals surface area contributed by atoms with Crippen molar-refractivity contribution in [2.24, 2.45) is 0 Å². The zero-order valence-electron chi connectivity index (χ0n) is 11.3. The van der Waals surface area contributed by atoms with Crippen LogP contribution in [0.15, 0.2) is 0 Å². The van der Waals surface area contributed by atoms with Crippen LogP contribution >= 0.6 is 7.14 Å². The van der Waals surface area contributed by atoms with Gasteiger partial charge in [-0.05, 0) is 19.3 Å². The molecule has 0 aromatic rings. The van der Waals surface area contributed by atoms with Gasteiger partial charge in [0.15, 0.2) is 0 Å². The maximum atomic E-state index is 12.6. The number of hydrogen-bond acceptors (Lipinski definition) is 4. The third-order valence-electron chi connectivity index (χ3n) is 2.87. The summed E-state index contributed by atoms with van der Waals surface area (Å²) in [6.07, 6.45) is 1.27. The average molecular weight is 308 g/mol. The summed E-state index contributed by atoms with van der Waals surface area (Å²) in [7, 11) is -2.68. The lowest BCUT2D eigenvalue weighted by atomic mass is 10.3. The van der Waals surface area contributed by atoms with Crippen molar-refractivity contribution in [1.82, 2.24) is 0 Å².